The lowest BCUT2D eigenvalue weighted by Gasteiger charge is -2.32. The van der Waals surface area contributed by atoms with Crippen LogP contribution in [0.25, 0.3) is 0 Å². The molecule has 2 aliphatic heterocycles. The van der Waals surface area contributed by atoms with E-state index in [0.29, 0.717) is 31.8 Å². The van der Waals surface area contributed by atoms with Crippen molar-refractivity contribution in [2.45, 2.75) is 51.0 Å². The number of hydrogen-bond donors (Lipinski definition) is 2. The fraction of sp³-hybridized carbons (Fsp3) is 0.824. The third-order valence-corrected chi connectivity index (χ3v) is 5.65. The van der Waals surface area contributed by atoms with Crippen LogP contribution in [0.5, 0.6) is 0 Å². The van der Waals surface area contributed by atoms with Gasteiger partial charge in [-0.25, -0.2) is 4.79 Å². The standard InChI is InChI=1S/C17H28N4O3/c1-2-18-11-13-5-9-20(10-6-13)14(22)12-21-15(23)17(19-16(21)24)7-3-4-8-17/h13,18H,2-12H2,1H3,(H,19,24). The van der Waals surface area contributed by atoms with Crippen molar-refractivity contribution < 1.29 is 14.4 Å². The van der Waals surface area contributed by atoms with Crippen molar-refractivity contribution in [3.8, 4) is 0 Å². The van der Waals surface area contributed by atoms with Gasteiger partial charge in [0.15, 0.2) is 0 Å². The number of nitrogens with zero attached hydrogens (tertiary/aromatic N) is 2. The van der Waals surface area contributed by atoms with Gasteiger partial charge in [-0.2, -0.15) is 0 Å². The molecule has 3 fully saturated rings. The number of urea groups is 1. The van der Waals surface area contributed by atoms with Gasteiger partial charge >= 0.3 is 6.03 Å². The molecule has 0 aromatic heterocycles. The van der Waals surface area contributed by atoms with Crippen molar-refractivity contribution in [3.05, 3.63) is 0 Å². The first kappa shape index (κ1) is 17.2. The third-order valence-electron chi connectivity index (χ3n) is 5.65. The van der Waals surface area contributed by atoms with Gasteiger partial charge in [0.2, 0.25) is 5.91 Å². The highest BCUT2D eigenvalue weighted by atomic mass is 16.2. The fourth-order valence-corrected chi connectivity index (χ4v) is 4.11. The van der Waals surface area contributed by atoms with Crippen LogP contribution in [-0.2, 0) is 9.59 Å². The van der Waals surface area contributed by atoms with Gasteiger partial charge in [0, 0.05) is 13.1 Å². The summed E-state index contributed by atoms with van der Waals surface area (Å²) in [5, 5.41) is 6.18. The summed E-state index contributed by atoms with van der Waals surface area (Å²) < 4.78 is 0. The highest BCUT2D eigenvalue weighted by Gasteiger charge is 2.52. The largest absolute Gasteiger partial charge is 0.341 e. The van der Waals surface area contributed by atoms with Gasteiger partial charge in [-0.15, -0.1) is 0 Å². The molecule has 0 aromatic carbocycles. The van der Waals surface area contributed by atoms with Crippen LogP contribution in [0.1, 0.15) is 45.4 Å². The van der Waals surface area contributed by atoms with Crippen molar-refractivity contribution in [2.75, 3.05) is 32.7 Å². The van der Waals surface area contributed by atoms with Gasteiger partial charge in [-0.05, 0) is 44.7 Å². The molecule has 3 aliphatic rings. The minimum Gasteiger partial charge on any atom is -0.341 e. The zero-order valence-corrected chi connectivity index (χ0v) is 14.5. The molecule has 0 unspecified atom stereocenters. The molecule has 0 bridgehead atoms. The molecular weight excluding hydrogens is 308 g/mol. The number of rotatable bonds is 5. The predicted octanol–water partition coefficient (Wildman–Crippen LogP) is 0.699. The van der Waals surface area contributed by atoms with Crippen molar-refractivity contribution in [3.63, 3.8) is 0 Å². The zero-order valence-electron chi connectivity index (χ0n) is 14.5. The monoisotopic (exact) mass is 336 g/mol. The second-order valence-corrected chi connectivity index (χ2v) is 7.24. The number of carbonyl (C=O) groups is 3. The van der Waals surface area contributed by atoms with Crippen LogP contribution in [0, 0.1) is 5.92 Å². The van der Waals surface area contributed by atoms with Crippen molar-refractivity contribution in [2.24, 2.45) is 5.92 Å². The van der Waals surface area contributed by atoms with E-state index in [1.807, 2.05) is 0 Å². The van der Waals surface area contributed by atoms with Crippen LogP contribution in [0.2, 0.25) is 0 Å². The summed E-state index contributed by atoms with van der Waals surface area (Å²) in [6.07, 6.45) is 5.24. The zero-order chi connectivity index (χ0) is 17.2. The summed E-state index contributed by atoms with van der Waals surface area (Å²) in [6, 6.07) is -0.405. The molecule has 2 heterocycles. The average Bonchev–Trinajstić information content (AvgIpc) is 3.14. The average molecular weight is 336 g/mol. The number of piperidine rings is 1. The Hall–Kier alpha value is -1.63. The molecule has 1 aliphatic carbocycles. The molecule has 2 saturated heterocycles. The van der Waals surface area contributed by atoms with Gasteiger partial charge in [-0.3, -0.25) is 14.5 Å². The Morgan fingerprint density at radius 1 is 1.25 bits per heavy atom. The number of hydrogen-bond acceptors (Lipinski definition) is 4. The van der Waals surface area contributed by atoms with E-state index in [0.717, 1.165) is 43.7 Å². The molecule has 1 saturated carbocycles. The van der Waals surface area contributed by atoms with E-state index in [1.54, 1.807) is 4.90 Å². The van der Waals surface area contributed by atoms with Crippen molar-refractivity contribution >= 4 is 17.8 Å². The Labute approximate surface area is 143 Å². The molecule has 1 spiro atoms. The number of nitrogens with one attached hydrogen (secondary N) is 2. The van der Waals surface area contributed by atoms with Gasteiger partial charge in [-0.1, -0.05) is 19.8 Å². The highest BCUT2D eigenvalue weighted by Crippen LogP contribution is 2.35. The summed E-state index contributed by atoms with van der Waals surface area (Å²) in [7, 11) is 0. The summed E-state index contributed by atoms with van der Waals surface area (Å²) >= 11 is 0. The molecule has 7 nitrogen and oxygen atoms in total. The van der Waals surface area contributed by atoms with Crippen LogP contribution in [0.4, 0.5) is 4.79 Å². The summed E-state index contributed by atoms with van der Waals surface area (Å²) in [5.41, 5.74) is -0.726. The van der Waals surface area contributed by atoms with Gasteiger partial charge in [0.05, 0.1) is 0 Å². The number of amides is 4. The van der Waals surface area contributed by atoms with Crippen molar-refractivity contribution in [1.29, 1.82) is 0 Å². The summed E-state index contributed by atoms with van der Waals surface area (Å²) in [5.74, 6) is 0.281. The lowest BCUT2D eigenvalue weighted by molar-refractivity contribution is -0.139. The smallest absolute Gasteiger partial charge is 0.325 e. The lowest BCUT2D eigenvalue weighted by atomic mass is 9.96. The van der Waals surface area contributed by atoms with Crippen LogP contribution in [0.3, 0.4) is 0 Å². The second kappa shape index (κ2) is 7.09. The molecule has 0 radical (unpaired) electrons. The Morgan fingerprint density at radius 3 is 2.54 bits per heavy atom. The lowest BCUT2D eigenvalue weighted by Crippen LogP contribution is -2.48. The molecule has 0 aromatic rings. The first-order valence-electron chi connectivity index (χ1n) is 9.18. The molecule has 7 heteroatoms. The quantitative estimate of drug-likeness (QED) is 0.724. The topological polar surface area (TPSA) is 81.8 Å². The van der Waals surface area contributed by atoms with E-state index in [2.05, 4.69) is 17.6 Å². The van der Waals surface area contributed by atoms with Gasteiger partial charge < -0.3 is 15.5 Å². The molecule has 0 atom stereocenters. The SMILES string of the molecule is CCNCC1CCN(C(=O)CN2C(=O)NC3(CCCC3)C2=O)CC1. The van der Waals surface area contributed by atoms with E-state index in [1.165, 1.54) is 0 Å². The summed E-state index contributed by atoms with van der Waals surface area (Å²) in [6.45, 7) is 5.35. The minimum absolute atomic E-state index is 0.115. The maximum Gasteiger partial charge on any atom is 0.325 e. The van der Waals surface area contributed by atoms with Crippen LogP contribution in [-0.4, -0.2) is 65.9 Å². The van der Waals surface area contributed by atoms with Crippen LogP contribution in [0.15, 0.2) is 0 Å². The van der Waals surface area contributed by atoms with E-state index in [9.17, 15) is 14.4 Å². The van der Waals surface area contributed by atoms with Crippen molar-refractivity contribution in [1.82, 2.24) is 20.4 Å². The number of likely N-dealkylation sites (tertiary alicyclic amines) is 1. The Kier molecular flexibility index (Phi) is 5.08. The molecule has 134 valence electrons. The van der Waals surface area contributed by atoms with Gasteiger partial charge in [0.1, 0.15) is 12.1 Å². The molecule has 24 heavy (non-hydrogen) atoms. The van der Waals surface area contributed by atoms with E-state index in [4.69, 9.17) is 0 Å². The summed E-state index contributed by atoms with van der Waals surface area (Å²) in [4.78, 5) is 40.2. The highest BCUT2D eigenvalue weighted by molar-refractivity contribution is 6.09. The third kappa shape index (κ3) is 3.27. The van der Waals surface area contributed by atoms with Crippen LogP contribution >= 0.6 is 0 Å². The molecule has 3 rings (SSSR count). The van der Waals surface area contributed by atoms with E-state index >= 15 is 0 Å². The Balaban J connectivity index is 1.52. The fourth-order valence-electron chi connectivity index (χ4n) is 4.11. The first-order chi connectivity index (χ1) is 11.6. The van der Waals surface area contributed by atoms with Crippen LogP contribution < -0.4 is 10.6 Å². The minimum atomic E-state index is -0.726. The Morgan fingerprint density at radius 2 is 1.92 bits per heavy atom. The second-order valence-electron chi connectivity index (χ2n) is 7.24. The maximum atomic E-state index is 12.6. The molecule has 4 amide bonds. The van der Waals surface area contributed by atoms with Gasteiger partial charge in [0.25, 0.3) is 5.91 Å². The number of imide groups is 1. The first-order valence-corrected chi connectivity index (χ1v) is 9.18. The van der Waals surface area contributed by atoms with E-state index in [-0.39, 0.29) is 18.4 Å². The Bertz CT molecular complexity index is 508. The maximum absolute atomic E-state index is 12.6. The number of carbonyl (C=O) groups excluding carboxylic acids is 3. The molecular formula is C17H28N4O3. The molecule has 2 N–H and O–H groups in total. The normalized spacial score (nSPS) is 24.0. The van der Waals surface area contributed by atoms with E-state index < -0.39 is 11.6 Å². The predicted molar refractivity (Wildman–Crippen MR) is 89.3 cm³/mol.